The van der Waals surface area contributed by atoms with Crippen LogP contribution in [0.2, 0.25) is 0 Å². The van der Waals surface area contributed by atoms with Crippen molar-refractivity contribution in [2.75, 3.05) is 0 Å². The first-order chi connectivity index (χ1) is 7.56. The predicted octanol–water partition coefficient (Wildman–Crippen LogP) is 3.45. The molecule has 0 unspecified atom stereocenters. The Morgan fingerprint density at radius 1 is 1.31 bits per heavy atom. The highest BCUT2D eigenvalue weighted by Crippen LogP contribution is 2.19. The fraction of sp³-hybridized carbons (Fsp3) is 0.250. The van der Waals surface area contributed by atoms with Crippen molar-refractivity contribution in [1.82, 2.24) is 9.78 Å². The molecule has 0 fully saturated rings. The monoisotopic (exact) mass is 282 g/mol. The Kier molecular flexibility index (Phi) is 3.10. The molecule has 2 rings (SSSR count). The second kappa shape index (κ2) is 4.37. The quantitative estimate of drug-likeness (QED) is 0.825. The van der Waals surface area contributed by atoms with Gasteiger partial charge in [0.1, 0.15) is 5.82 Å². The molecule has 0 amide bonds. The van der Waals surface area contributed by atoms with Crippen LogP contribution in [0.1, 0.15) is 17.0 Å². The van der Waals surface area contributed by atoms with E-state index in [9.17, 15) is 4.39 Å². The highest BCUT2D eigenvalue weighted by Gasteiger charge is 2.05. The molecule has 0 spiro atoms. The predicted molar refractivity (Wildman–Crippen MR) is 64.9 cm³/mol. The van der Waals surface area contributed by atoms with Crippen LogP contribution in [0, 0.1) is 19.7 Å². The summed E-state index contributed by atoms with van der Waals surface area (Å²) in [6.07, 6.45) is 0. The number of benzene rings is 1. The minimum absolute atomic E-state index is 0.232. The molecule has 4 heteroatoms. The lowest BCUT2D eigenvalue weighted by Crippen LogP contribution is -2.04. The summed E-state index contributed by atoms with van der Waals surface area (Å²) in [6.45, 7) is 4.63. The third-order valence-electron chi connectivity index (χ3n) is 2.44. The maximum absolute atomic E-state index is 12.9. The summed E-state index contributed by atoms with van der Waals surface area (Å²) >= 11 is 3.35. The molecule has 1 heterocycles. The van der Waals surface area contributed by atoms with Crippen molar-refractivity contribution in [3.8, 4) is 0 Å². The third-order valence-corrected chi connectivity index (χ3v) is 3.18. The van der Waals surface area contributed by atoms with Gasteiger partial charge in [0.05, 0.1) is 12.2 Å². The first-order valence-electron chi connectivity index (χ1n) is 5.01. The van der Waals surface area contributed by atoms with Gasteiger partial charge in [-0.2, -0.15) is 5.10 Å². The summed E-state index contributed by atoms with van der Waals surface area (Å²) < 4.78 is 15.6. The van der Waals surface area contributed by atoms with E-state index in [-0.39, 0.29) is 5.82 Å². The van der Waals surface area contributed by atoms with Gasteiger partial charge in [0, 0.05) is 10.2 Å². The summed E-state index contributed by atoms with van der Waals surface area (Å²) in [4.78, 5) is 0. The van der Waals surface area contributed by atoms with Gasteiger partial charge in [-0.05, 0) is 37.6 Å². The van der Waals surface area contributed by atoms with E-state index in [0.29, 0.717) is 6.54 Å². The molecule has 0 atom stereocenters. The molecule has 0 aliphatic heterocycles. The molecule has 0 radical (unpaired) electrons. The van der Waals surface area contributed by atoms with Crippen LogP contribution < -0.4 is 0 Å². The van der Waals surface area contributed by atoms with Crippen LogP contribution in [0.5, 0.6) is 0 Å². The standard InChI is InChI=1S/C12H12BrFN2/c1-8-5-9(2)16(15-8)7-10-3-4-11(14)6-12(10)13/h3-6H,7H2,1-2H3. The molecule has 1 aromatic heterocycles. The Balaban J connectivity index is 2.30. The zero-order valence-corrected chi connectivity index (χ0v) is 10.8. The van der Waals surface area contributed by atoms with E-state index < -0.39 is 0 Å². The maximum atomic E-state index is 12.9. The van der Waals surface area contributed by atoms with Gasteiger partial charge >= 0.3 is 0 Å². The van der Waals surface area contributed by atoms with E-state index in [0.717, 1.165) is 21.4 Å². The molecule has 0 aliphatic rings. The van der Waals surface area contributed by atoms with Crippen LogP contribution in [0.3, 0.4) is 0 Å². The van der Waals surface area contributed by atoms with Crippen molar-refractivity contribution in [1.29, 1.82) is 0 Å². The van der Waals surface area contributed by atoms with Gasteiger partial charge in [0.25, 0.3) is 0 Å². The Morgan fingerprint density at radius 2 is 2.06 bits per heavy atom. The van der Waals surface area contributed by atoms with Gasteiger partial charge in [-0.1, -0.05) is 22.0 Å². The summed E-state index contributed by atoms with van der Waals surface area (Å²) in [7, 11) is 0. The average molecular weight is 283 g/mol. The van der Waals surface area contributed by atoms with Crippen molar-refractivity contribution < 1.29 is 4.39 Å². The second-order valence-corrected chi connectivity index (χ2v) is 4.67. The molecular weight excluding hydrogens is 271 g/mol. The summed E-state index contributed by atoms with van der Waals surface area (Å²) in [5, 5.41) is 4.37. The first-order valence-corrected chi connectivity index (χ1v) is 5.80. The van der Waals surface area contributed by atoms with E-state index in [1.807, 2.05) is 24.6 Å². The van der Waals surface area contributed by atoms with Crippen molar-refractivity contribution in [2.24, 2.45) is 0 Å². The van der Waals surface area contributed by atoms with E-state index in [4.69, 9.17) is 0 Å². The maximum Gasteiger partial charge on any atom is 0.124 e. The van der Waals surface area contributed by atoms with Gasteiger partial charge < -0.3 is 0 Å². The van der Waals surface area contributed by atoms with Gasteiger partial charge in [-0.15, -0.1) is 0 Å². The normalized spacial score (nSPS) is 10.8. The minimum Gasteiger partial charge on any atom is -0.265 e. The number of aryl methyl sites for hydroxylation is 2. The van der Waals surface area contributed by atoms with Crippen LogP contribution in [-0.4, -0.2) is 9.78 Å². The summed E-state index contributed by atoms with van der Waals surface area (Å²) in [5.74, 6) is -0.232. The van der Waals surface area contributed by atoms with E-state index in [1.165, 1.54) is 12.1 Å². The van der Waals surface area contributed by atoms with E-state index in [2.05, 4.69) is 21.0 Å². The first kappa shape index (κ1) is 11.3. The topological polar surface area (TPSA) is 17.8 Å². The highest BCUT2D eigenvalue weighted by molar-refractivity contribution is 9.10. The Hall–Kier alpha value is -1.16. The summed E-state index contributed by atoms with van der Waals surface area (Å²) in [5.41, 5.74) is 3.12. The van der Waals surface area contributed by atoms with Crippen molar-refractivity contribution >= 4 is 15.9 Å². The lowest BCUT2D eigenvalue weighted by Gasteiger charge is -2.06. The molecule has 16 heavy (non-hydrogen) atoms. The molecule has 0 saturated carbocycles. The number of hydrogen-bond donors (Lipinski definition) is 0. The third kappa shape index (κ3) is 2.32. The number of hydrogen-bond acceptors (Lipinski definition) is 1. The van der Waals surface area contributed by atoms with Crippen molar-refractivity contribution in [2.45, 2.75) is 20.4 Å². The van der Waals surface area contributed by atoms with Gasteiger partial charge in [-0.25, -0.2) is 4.39 Å². The Labute approximate surface area is 102 Å². The van der Waals surface area contributed by atoms with Gasteiger partial charge in [0.2, 0.25) is 0 Å². The second-order valence-electron chi connectivity index (χ2n) is 3.82. The van der Waals surface area contributed by atoms with Gasteiger partial charge in [-0.3, -0.25) is 4.68 Å². The fourth-order valence-corrected chi connectivity index (χ4v) is 2.12. The highest BCUT2D eigenvalue weighted by atomic mass is 79.9. The van der Waals surface area contributed by atoms with E-state index in [1.54, 1.807) is 6.07 Å². The number of rotatable bonds is 2. The summed E-state index contributed by atoms with van der Waals surface area (Å²) in [6, 6.07) is 6.74. The molecule has 1 aromatic carbocycles. The molecule has 2 aromatic rings. The zero-order chi connectivity index (χ0) is 11.7. The number of aromatic nitrogens is 2. The SMILES string of the molecule is Cc1cc(C)n(Cc2ccc(F)cc2Br)n1. The Morgan fingerprint density at radius 3 is 2.62 bits per heavy atom. The van der Waals surface area contributed by atoms with Crippen LogP contribution in [0.15, 0.2) is 28.7 Å². The average Bonchev–Trinajstić information content (AvgIpc) is 2.50. The van der Waals surface area contributed by atoms with Crippen LogP contribution in [-0.2, 0) is 6.54 Å². The lowest BCUT2D eigenvalue weighted by molar-refractivity contribution is 0.621. The molecule has 84 valence electrons. The molecule has 2 nitrogen and oxygen atoms in total. The number of nitrogens with zero attached hydrogens (tertiary/aromatic N) is 2. The smallest absolute Gasteiger partial charge is 0.124 e. The largest absolute Gasteiger partial charge is 0.265 e. The van der Waals surface area contributed by atoms with Gasteiger partial charge in [0.15, 0.2) is 0 Å². The molecule has 0 saturated heterocycles. The molecular formula is C12H12BrFN2. The van der Waals surface area contributed by atoms with Crippen LogP contribution in [0.25, 0.3) is 0 Å². The van der Waals surface area contributed by atoms with E-state index >= 15 is 0 Å². The lowest BCUT2D eigenvalue weighted by atomic mass is 10.2. The van der Waals surface area contributed by atoms with Crippen molar-refractivity contribution in [3.05, 3.63) is 51.5 Å². The van der Waals surface area contributed by atoms with Crippen LogP contribution >= 0.6 is 15.9 Å². The molecule has 0 bridgehead atoms. The Bertz CT molecular complexity index is 520. The molecule has 0 N–H and O–H groups in total. The van der Waals surface area contributed by atoms with Crippen LogP contribution in [0.4, 0.5) is 4.39 Å². The number of halogens is 2. The fourth-order valence-electron chi connectivity index (χ4n) is 1.65. The van der Waals surface area contributed by atoms with Crippen molar-refractivity contribution in [3.63, 3.8) is 0 Å². The minimum atomic E-state index is -0.232. The molecule has 0 aliphatic carbocycles. The zero-order valence-electron chi connectivity index (χ0n) is 9.17.